The lowest BCUT2D eigenvalue weighted by atomic mass is 10.0. The van der Waals surface area contributed by atoms with E-state index in [9.17, 15) is 0 Å². The summed E-state index contributed by atoms with van der Waals surface area (Å²) in [4.78, 5) is 0. The molecule has 1 fully saturated rings. The van der Waals surface area contributed by atoms with Crippen LogP contribution in [0.2, 0.25) is 0 Å². The number of hydrogen-bond acceptors (Lipinski definition) is 0. The molecule has 0 saturated heterocycles. The second-order valence-corrected chi connectivity index (χ2v) is 6.68. The first-order valence-electron chi connectivity index (χ1n) is 5.42. The molecule has 0 N–H and O–H groups in total. The van der Waals surface area contributed by atoms with Crippen LogP contribution in [0.1, 0.15) is 48.0 Å². The Hall–Kier alpha value is 0.0400. The highest BCUT2D eigenvalue weighted by Gasteiger charge is 2.75. The predicted octanol–water partition coefficient (Wildman–Crippen LogP) is 4.24. The van der Waals surface area contributed by atoms with Crippen molar-refractivity contribution in [2.45, 2.75) is 52.3 Å². The van der Waals surface area contributed by atoms with E-state index in [1.807, 2.05) is 0 Å². The van der Waals surface area contributed by atoms with Crippen LogP contribution in [0, 0.1) is 28.6 Å². The van der Waals surface area contributed by atoms with Gasteiger partial charge in [-0.25, -0.2) is 0 Å². The number of halogens is 1. The van der Waals surface area contributed by atoms with Crippen LogP contribution in [0.3, 0.4) is 0 Å². The lowest BCUT2D eigenvalue weighted by Gasteiger charge is -2.04. The highest BCUT2D eigenvalue weighted by atomic mass is 79.9. The van der Waals surface area contributed by atoms with Crippen molar-refractivity contribution in [3.8, 4) is 11.8 Å². The summed E-state index contributed by atoms with van der Waals surface area (Å²) in [5, 5.41) is 0. The van der Waals surface area contributed by atoms with E-state index in [0.29, 0.717) is 5.92 Å². The Balaban J connectivity index is 2.85. The molecule has 0 aromatic carbocycles. The highest BCUT2D eigenvalue weighted by molar-refractivity contribution is 9.10. The summed E-state index contributed by atoms with van der Waals surface area (Å²) in [5.74, 6) is 7.29. The molecule has 1 aliphatic rings. The van der Waals surface area contributed by atoms with Gasteiger partial charge in [0.25, 0.3) is 0 Å². The van der Waals surface area contributed by atoms with Gasteiger partial charge in [0.15, 0.2) is 0 Å². The van der Waals surface area contributed by atoms with Crippen molar-refractivity contribution in [2.75, 3.05) is 0 Å². The van der Waals surface area contributed by atoms with Crippen molar-refractivity contribution < 1.29 is 0 Å². The zero-order valence-electron chi connectivity index (χ0n) is 10.2. The van der Waals surface area contributed by atoms with Gasteiger partial charge in [-0.2, -0.15) is 0 Å². The van der Waals surface area contributed by atoms with E-state index in [1.165, 1.54) is 0 Å². The molecule has 0 bridgehead atoms. The van der Waals surface area contributed by atoms with Gasteiger partial charge in [-0.1, -0.05) is 69.3 Å². The molecule has 1 heteroatoms. The Bertz CT molecular complexity index is 274. The topological polar surface area (TPSA) is 0 Å². The Morgan fingerprint density at radius 3 is 1.86 bits per heavy atom. The van der Waals surface area contributed by atoms with E-state index in [4.69, 9.17) is 0 Å². The molecule has 1 aliphatic carbocycles. The Labute approximate surface area is 97.0 Å². The van der Waals surface area contributed by atoms with Crippen molar-refractivity contribution in [1.29, 1.82) is 0 Å². The molecule has 0 radical (unpaired) electrons. The quantitative estimate of drug-likeness (QED) is 0.487. The Morgan fingerprint density at radius 1 is 1.14 bits per heavy atom. The van der Waals surface area contributed by atoms with Crippen LogP contribution in [0.15, 0.2) is 0 Å². The standard InChI is InChI=1S/C13H21Br/c1-7-10(2)8-9-13(14)11(3,4)12(13,5)6/h10H,7H2,1-6H3. The molecule has 0 aromatic rings. The first-order chi connectivity index (χ1) is 6.20. The normalized spacial score (nSPS) is 27.4. The van der Waals surface area contributed by atoms with E-state index >= 15 is 0 Å². The Morgan fingerprint density at radius 2 is 1.57 bits per heavy atom. The van der Waals surface area contributed by atoms with Gasteiger partial charge in [-0.3, -0.25) is 0 Å². The monoisotopic (exact) mass is 256 g/mol. The van der Waals surface area contributed by atoms with Crippen LogP contribution >= 0.6 is 15.9 Å². The van der Waals surface area contributed by atoms with Crippen LogP contribution in [0.25, 0.3) is 0 Å². The van der Waals surface area contributed by atoms with Gasteiger partial charge in [0.1, 0.15) is 0 Å². The molecule has 14 heavy (non-hydrogen) atoms. The first kappa shape index (κ1) is 12.1. The van der Waals surface area contributed by atoms with Gasteiger partial charge in [0.05, 0.1) is 4.32 Å². The lowest BCUT2D eigenvalue weighted by molar-refractivity contribution is 0.457. The molecule has 0 aliphatic heterocycles. The van der Waals surface area contributed by atoms with Gasteiger partial charge >= 0.3 is 0 Å². The van der Waals surface area contributed by atoms with E-state index in [2.05, 4.69) is 69.3 Å². The molecule has 0 nitrogen and oxygen atoms in total. The third kappa shape index (κ3) is 1.34. The minimum atomic E-state index is 0.0242. The minimum absolute atomic E-state index is 0.0242. The number of hydrogen-bond donors (Lipinski definition) is 0. The summed E-state index contributed by atoms with van der Waals surface area (Å²) in [5.41, 5.74) is 0.556. The second kappa shape index (κ2) is 3.27. The molecule has 1 saturated carbocycles. The van der Waals surface area contributed by atoms with Crippen LogP contribution in [-0.4, -0.2) is 4.32 Å². The predicted molar refractivity (Wildman–Crippen MR) is 66.5 cm³/mol. The summed E-state index contributed by atoms with van der Waals surface area (Å²) in [7, 11) is 0. The lowest BCUT2D eigenvalue weighted by Crippen LogP contribution is -2.05. The zero-order chi connectivity index (χ0) is 11.2. The highest BCUT2D eigenvalue weighted by Crippen LogP contribution is 2.75. The third-order valence-corrected chi connectivity index (χ3v) is 6.51. The van der Waals surface area contributed by atoms with Crippen LogP contribution in [0.4, 0.5) is 0 Å². The summed E-state index contributed by atoms with van der Waals surface area (Å²) >= 11 is 3.82. The van der Waals surface area contributed by atoms with Crippen molar-refractivity contribution in [2.24, 2.45) is 16.7 Å². The largest absolute Gasteiger partial charge is 0.0987 e. The molecule has 0 amide bonds. The van der Waals surface area contributed by atoms with Gasteiger partial charge in [0.2, 0.25) is 0 Å². The van der Waals surface area contributed by atoms with Gasteiger partial charge in [0, 0.05) is 5.92 Å². The van der Waals surface area contributed by atoms with Crippen LogP contribution in [-0.2, 0) is 0 Å². The molecule has 0 spiro atoms. The second-order valence-electron chi connectivity index (χ2n) is 5.49. The number of alkyl halides is 1. The van der Waals surface area contributed by atoms with Crippen molar-refractivity contribution in [1.82, 2.24) is 0 Å². The van der Waals surface area contributed by atoms with Crippen LogP contribution in [0.5, 0.6) is 0 Å². The fourth-order valence-electron chi connectivity index (χ4n) is 1.88. The van der Waals surface area contributed by atoms with Gasteiger partial charge < -0.3 is 0 Å². The molecule has 80 valence electrons. The van der Waals surface area contributed by atoms with Crippen molar-refractivity contribution >= 4 is 15.9 Å². The summed E-state index contributed by atoms with van der Waals surface area (Å²) in [6.07, 6.45) is 1.14. The smallest absolute Gasteiger partial charge is 0.0974 e. The Kier molecular flexibility index (Phi) is 2.83. The maximum absolute atomic E-state index is 3.82. The molecular weight excluding hydrogens is 236 g/mol. The molecule has 1 unspecified atom stereocenters. The minimum Gasteiger partial charge on any atom is -0.0987 e. The van der Waals surface area contributed by atoms with E-state index in [-0.39, 0.29) is 15.2 Å². The van der Waals surface area contributed by atoms with Crippen LogP contribution < -0.4 is 0 Å². The zero-order valence-corrected chi connectivity index (χ0v) is 11.7. The SMILES string of the molecule is CCC(C)C#CC1(Br)C(C)(C)C1(C)C. The summed E-state index contributed by atoms with van der Waals surface area (Å²) in [6.45, 7) is 13.5. The maximum Gasteiger partial charge on any atom is 0.0974 e. The average molecular weight is 257 g/mol. The number of rotatable bonds is 1. The van der Waals surface area contributed by atoms with Gasteiger partial charge in [-0.05, 0) is 17.3 Å². The molecule has 0 heterocycles. The molecule has 1 rings (SSSR count). The molecule has 1 atom stereocenters. The maximum atomic E-state index is 3.82. The molecular formula is C13H21Br. The summed E-state index contributed by atoms with van der Waals surface area (Å²) in [6, 6.07) is 0. The molecule has 0 aromatic heterocycles. The van der Waals surface area contributed by atoms with Gasteiger partial charge in [-0.15, -0.1) is 0 Å². The fraction of sp³-hybridized carbons (Fsp3) is 0.846. The van der Waals surface area contributed by atoms with Crippen molar-refractivity contribution in [3.63, 3.8) is 0 Å². The summed E-state index contributed by atoms with van der Waals surface area (Å²) < 4.78 is 0.0242. The van der Waals surface area contributed by atoms with E-state index in [0.717, 1.165) is 6.42 Å². The first-order valence-corrected chi connectivity index (χ1v) is 6.21. The third-order valence-electron chi connectivity index (χ3n) is 4.33. The fourth-order valence-corrected chi connectivity index (χ4v) is 2.89. The average Bonchev–Trinajstić information content (AvgIpc) is 2.40. The van der Waals surface area contributed by atoms with E-state index < -0.39 is 0 Å². The van der Waals surface area contributed by atoms with E-state index in [1.54, 1.807) is 0 Å². The van der Waals surface area contributed by atoms with Crippen molar-refractivity contribution in [3.05, 3.63) is 0 Å².